The molecule has 4 rings (SSSR count). The number of urea groups is 1. The van der Waals surface area contributed by atoms with Gasteiger partial charge in [-0.05, 0) is 76.0 Å². The van der Waals surface area contributed by atoms with E-state index in [1.54, 1.807) is 0 Å². The lowest BCUT2D eigenvalue weighted by Gasteiger charge is -2.42. The van der Waals surface area contributed by atoms with E-state index in [9.17, 15) is 14.3 Å². The number of likely N-dealkylation sites (tertiary alicyclic amines) is 1. The predicted molar refractivity (Wildman–Crippen MR) is 98.3 cm³/mol. The van der Waals surface area contributed by atoms with E-state index < -0.39 is 0 Å². The van der Waals surface area contributed by atoms with E-state index in [0.29, 0.717) is 0 Å². The highest BCUT2D eigenvalue weighted by Gasteiger charge is 2.46. The number of amides is 2. The lowest BCUT2D eigenvalue weighted by atomic mass is 10.00. The number of fused-ring (bicyclic) bond motifs is 2. The van der Waals surface area contributed by atoms with Gasteiger partial charge in [0.25, 0.3) is 0 Å². The maximum Gasteiger partial charge on any atom is 0.321 e. The van der Waals surface area contributed by atoms with Crippen molar-refractivity contribution in [2.24, 2.45) is 0 Å². The zero-order valence-electron chi connectivity index (χ0n) is 15.5. The largest absolute Gasteiger partial charge is 0.393 e. The highest BCUT2D eigenvalue weighted by atomic mass is 19.1. The van der Waals surface area contributed by atoms with E-state index in [1.807, 2.05) is 12.1 Å². The molecular weight excluding hydrogens is 331 g/mol. The van der Waals surface area contributed by atoms with Gasteiger partial charge in [-0.25, -0.2) is 9.18 Å². The highest BCUT2D eigenvalue weighted by Crippen LogP contribution is 2.38. The van der Waals surface area contributed by atoms with Gasteiger partial charge in [-0.3, -0.25) is 0 Å². The summed E-state index contributed by atoms with van der Waals surface area (Å²) in [6.07, 6.45) is 7.13. The van der Waals surface area contributed by atoms with Crippen LogP contribution in [0.1, 0.15) is 57.4 Å². The Morgan fingerprint density at radius 2 is 1.73 bits per heavy atom. The normalized spacial score (nSPS) is 33.7. The molecule has 0 radical (unpaired) electrons. The number of carbonyl (C=O) groups is 1. The van der Waals surface area contributed by atoms with Crippen molar-refractivity contribution in [3.63, 3.8) is 0 Å². The van der Waals surface area contributed by atoms with Gasteiger partial charge in [-0.15, -0.1) is 0 Å². The molecule has 1 N–H and O–H groups in total. The second-order valence-corrected chi connectivity index (χ2v) is 8.35. The molecule has 3 aliphatic rings. The molecule has 3 heterocycles. The Bertz CT molecular complexity index is 636. The minimum Gasteiger partial charge on any atom is -0.393 e. The zero-order chi connectivity index (χ0) is 18.3. The van der Waals surface area contributed by atoms with Crippen LogP contribution in [-0.4, -0.2) is 51.2 Å². The van der Waals surface area contributed by atoms with Crippen molar-refractivity contribution in [2.45, 2.75) is 88.6 Å². The van der Waals surface area contributed by atoms with E-state index in [-0.39, 0.29) is 42.1 Å². The van der Waals surface area contributed by atoms with Crippen molar-refractivity contribution < 1.29 is 14.3 Å². The fourth-order valence-corrected chi connectivity index (χ4v) is 5.28. The van der Waals surface area contributed by atoms with E-state index >= 15 is 0 Å². The van der Waals surface area contributed by atoms with E-state index in [4.69, 9.17) is 0 Å². The number of hydrogen-bond acceptors (Lipinski definition) is 2. The maximum absolute atomic E-state index is 13.4. The number of carbonyl (C=O) groups excluding carboxylic acids is 1. The van der Waals surface area contributed by atoms with Crippen LogP contribution in [0.5, 0.6) is 0 Å². The minimum absolute atomic E-state index is 0.179. The first-order chi connectivity index (χ1) is 12.5. The molecule has 2 bridgehead atoms. The van der Waals surface area contributed by atoms with Crippen molar-refractivity contribution in [2.75, 3.05) is 0 Å². The summed E-state index contributed by atoms with van der Waals surface area (Å²) in [7, 11) is 0. The number of aliphatic hydroxyl groups excluding tert-OH is 1. The van der Waals surface area contributed by atoms with Crippen LogP contribution in [0.3, 0.4) is 0 Å². The summed E-state index contributed by atoms with van der Waals surface area (Å²) in [5, 5.41) is 10.0. The summed E-state index contributed by atoms with van der Waals surface area (Å²) in [6, 6.07) is 7.82. The second kappa shape index (κ2) is 7.18. The molecule has 0 unspecified atom stereocenters. The van der Waals surface area contributed by atoms with Gasteiger partial charge in [0.05, 0.1) is 6.10 Å². The van der Waals surface area contributed by atoms with Crippen molar-refractivity contribution in [3.05, 3.63) is 35.6 Å². The third-order valence-electron chi connectivity index (χ3n) is 6.62. The second-order valence-electron chi connectivity index (χ2n) is 8.35. The van der Waals surface area contributed by atoms with Crippen molar-refractivity contribution in [1.82, 2.24) is 9.80 Å². The molecule has 3 saturated heterocycles. The minimum atomic E-state index is -0.248. The van der Waals surface area contributed by atoms with Gasteiger partial charge in [0.1, 0.15) is 5.82 Å². The number of nitrogens with zero attached hydrogens (tertiary/aromatic N) is 2. The Hall–Kier alpha value is -1.62. The third-order valence-corrected chi connectivity index (χ3v) is 6.62. The van der Waals surface area contributed by atoms with Crippen LogP contribution in [0.4, 0.5) is 9.18 Å². The fourth-order valence-electron chi connectivity index (χ4n) is 5.28. The van der Waals surface area contributed by atoms with Crippen LogP contribution >= 0.6 is 0 Å². The summed E-state index contributed by atoms with van der Waals surface area (Å²) >= 11 is 0. The zero-order valence-corrected chi connectivity index (χ0v) is 15.5. The molecular formula is C21H29FN2O2. The molecule has 5 heteroatoms. The van der Waals surface area contributed by atoms with Crippen LogP contribution in [-0.2, 0) is 6.42 Å². The SMILES string of the molecule is C[C@@H]1CC[C@H](CCc2ccc(F)cc2)N1C(=O)N1[C@@H]2CC[C@H]1C[C@@H](O)C2. The topological polar surface area (TPSA) is 43.8 Å². The molecule has 3 aliphatic heterocycles. The number of hydrogen-bond donors (Lipinski definition) is 1. The summed E-state index contributed by atoms with van der Waals surface area (Å²) in [6.45, 7) is 2.15. The number of piperidine rings is 1. The fraction of sp³-hybridized carbons (Fsp3) is 0.667. The Labute approximate surface area is 155 Å². The standard InChI is InChI=1S/C21H29FN2O2/c1-14-2-8-17(9-5-15-3-6-16(22)7-4-15)23(14)21(26)24-18-10-11-19(24)13-20(25)12-18/h3-4,6-7,14,17-20,25H,2,5,8-13H2,1H3/t14-,17-,18-,19+,20+/m1/s1. The summed E-state index contributed by atoms with van der Waals surface area (Å²) in [5.41, 5.74) is 1.12. The predicted octanol–water partition coefficient (Wildman–Crippen LogP) is 3.72. The quantitative estimate of drug-likeness (QED) is 0.893. The first-order valence-corrected chi connectivity index (χ1v) is 10.1. The summed E-state index contributed by atoms with van der Waals surface area (Å²) in [4.78, 5) is 17.6. The molecule has 0 aromatic heterocycles. The third kappa shape index (κ3) is 3.34. The van der Waals surface area contributed by atoms with E-state index in [0.717, 1.165) is 56.9 Å². The molecule has 3 fully saturated rings. The van der Waals surface area contributed by atoms with Crippen LogP contribution in [0.25, 0.3) is 0 Å². The molecule has 0 aliphatic carbocycles. The smallest absolute Gasteiger partial charge is 0.321 e. The Balaban J connectivity index is 1.43. The number of aryl methyl sites for hydroxylation is 1. The Kier molecular flexibility index (Phi) is 4.91. The van der Waals surface area contributed by atoms with Gasteiger partial charge >= 0.3 is 6.03 Å². The van der Waals surface area contributed by atoms with Crippen LogP contribution < -0.4 is 0 Å². The van der Waals surface area contributed by atoms with Crippen molar-refractivity contribution in [3.8, 4) is 0 Å². The number of halogens is 1. The number of rotatable bonds is 3. The Morgan fingerprint density at radius 3 is 2.38 bits per heavy atom. The lowest BCUT2D eigenvalue weighted by molar-refractivity contribution is 0.0376. The van der Waals surface area contributed by atoms with Crippen molar-refractivity contribution >= 4 is 6.03 Å². The lowest BCUT2D eigenvalue weighted by Crippen LogP contribution is -2.55. The van der Waals surface area contributed by atoms with E-state index in [2.05, 4.69) is 16.7 Å². The van der Waals surface area contributed by atoms with Gasteiger partial charge in [-0.2, -0.15) is 0 Å². The molecule has 0 spiro atoms. The molecule has 0 saturated carbocycles. The van der Waals surface area contributed by atoms with Gasteiger partial charge in [0, 0.05) is 24.2 Å². The number of benzene rings is 1. The first kappa shape index (κ1) is 17.8. The van der Waals surface area contributed by atoms with Gasteiger partial charge in [-0.1, -0.05) is 12.1 Å². The molecule has 4 nitrogen and oxygen atoms in total. The molecule has 142 valence electrons. The molecule has 26 heavy (non-hydrogen) atoms. The summed E-state index contributed by atoms with van der Waals surface area (Å²) < 4.78 is 13.1. The molecule has 1 aromatic rings. The van der Waals surface area contributed by atoms with Crippen LogP contribution in [0, 0.1) is 5.82 Å². The monoisotopic (exact) mass is 360 g/mol. The van der Waals surface area contributed by atoms with Crippen molar-refractivity contribution in [1.29, 1.82) is 0 Å². The van der Waals surface area contributed by atoms with Gasteiger partial charge < -0.3 is 14.9 Å². The number of aliphatic hydroxyl groups is 1. The maximum atomic E-state index is 13.4. The van der Waals surface area contributed by atoms with E-state index in [1.165, 1.54) is 12.1 Å². The Morgan fingerprint density at radius 1 is 1.08 bits per heavy atom. The van der Waals surface area contributed by atoms with Gasteiger partial charge in [0.15, 0.2) is 0 Å². The average molecular weight is 360 g/mol. The molecule has 2 amide bonds. The van der Waals surface area contributed by atoms with Crippen LogP contribution in [0.2, 0.25) is 0 Å². The highest BCUT2D eigenvalue weighted by molar-refractivity contribution is 5.77. The first-order valence-electron chi connectivity index (χ1n) is 10.1. The molecule has 1 aromatic carbocycles. The summed E-state index contributed by atoms with van der Waals surface area (Å²) in [5.74, 6) is -0.206. The average Bonchev–Trinajstić information content (AvgIpc) is 3.11. The molecule has 5 atom stereocenters. The van der Waals surface area contributed by atoms with Crippen LogP contribution in [0.15, 0.2) is 24.3 Å². The van der Waals surface area contributed by atoms with Gasteiger partial charge in [0.2, 0.25) is 0 Å².